The molecule has 3 N–H and O–H groups in total. The lowest BCUT2D eigenvalue weighted by molar-refractivity contribution is -0.167. The second-order valence-corrected chi connectivity index (χ2v) is 15.1. The normalized spacial score (nSPS) is 13.8. The highest BCUT2D eigenvalue weighted by Gasteiger charge is 2.25. The number of nitrogens with zero attached hydrogens (tertiary/aromatic N) is 5. The van der Waals surface area contributed by atoms with E-state index in [0.717, 1.165) is 28.4 Å². The van der Waals surface area contributed by atoms with Gasteiger partial charge in [0, 0.05) is 49.2 Å². The third kappa shape index (κ3) is 14.5. The Labute approximate surface area is 347 Å². The number of hydrogen-bond donors (Lipinski definition) is 3. The number of morpholine rings is 1. The predicted molar refractivity (Wildman–Crippen MR) is 218 cm³/mol. The van der Waals surface area contributed by atoms with Crippen molar-refractivity contribution in [3.8, 4) is 22.8 Å². The molecule has 0 spiro atoms. The number of ether oxygens (including phenoxy) is 6. The molecule has 2 aromatic carbocycles. The number of carbonyl (C=O) groups is 4. The average Bonchev–Trinajstić information content (AvgIpc) is 3.94. The van der Waals surface area contributed by atoms with Crippen LogP contribution in [0, 0.1) is 0 Å². The Kier molecular flexibility index (Phi) is 16.4. The lowest BCUT2D eigenvalue weighted by Crippen LogP contribution is -2.44. The van der Waals surface area contributed by atoms with Crippen molar-refractivity contribution in [3.05, 3.63) is 66.5 Å². The summed E-state index contributed by atoms with van der Waals surface area (Å²) >= 11 is 1.03. The molecule has 18 nitrogen and oxygen atoms in total. The molecule has 4 aromatic rings. The third-order valence-electron chi connectivity index (χ3n) is 8.86. The maximum Gasteiger partial charge on any atom is 0.347 e. The summed E-state index contributed by atoms with van der Waals surface area (Å²) in [5.41, 5.74) is 2.92. The van der Waals surface area contributed by atoms with Crippen LogP contribution in [0.3, 0.4) is 0 Å². The molecule has 318 valence electrons. The third-order valence-corrected chi connectivity index (χ3v) is 9.36. The van der Waals surface area contributed by atoms with Gasteiger partial charge in [0.1, 0.15) is 25.1 Å². The molecule has 59 heavy (non-hydrogen) atoms. The van der Waals surface area contributed by atoms with Crippen LogP contribution in [0.25, 0.3) is 11.1 Å². The van der Waals surface area contributed by atoms with Crippen LogP contribution < -0.4 is 25.0 Å². The van der Waals surface area contributed by atoms with Gasteiger partial charge < -0.3 is 48.9 Å². The summed E-state index contributed by atoms with van der Waals surface area (Å²) < 4.78 is 41.7. The average molecular weight is 837 g/mol. The second-order valence-electron chi connectivity index (χ2n) is 14.6. The molecule has 0 radical (unpaired) electrons. The molecule has 19 heteroatoms. The number of hydrogen-bond acceptors (Lipinski definition) is 16. The maximum atomic E-state index is 13.5. The summed E-state index contributed by atoms with van der Waals surface area (Å²) in [4.78, 5) is 55.4. The number of esters is 3. The van der Waals surface area contributed by atoms with Gasteiger partial charge in [0.2, 0.25) is 5.82 Å². The van der Waals surface area contributed by atoms with Gasteiger partial charge in [-0.1, -0.05) is 24.3 Å². The van der Waals surface area contributed by atoms with Gasteiger partial charge in [0.15, 0.2) is 6.10 Å². The van der Waals surface area contributed by atoms with Gasteiger partial charge in [-0.15, -0.1) is 4.37 Å². The largest absolute Gasteiger partial charge is 0.497 e. The Balaban J connectivity index is 1.08. The van der Waals surface area contributed by atoms with Crippen molar-refractivity contribution < 1.29 is 47.6 Å². The van der Waals surface area contributed by atoms with Gasteiger partial charge in [-0.05, 0) is 63.1 Å². The van der Waals surface area contributed by atoms with Crippen LogP contribution in [0.15, 0.2) is 60.9 Å². The summed E-state index contributed by atoms with van der Waals surface area (Å²) in [5, 5.41) is 12.9. The van der Waals surface area contributed by atoms with Gasteiger partial charge in [-0.25, -0.2) is 9.59 Å². The van der Waals surface area contributed by atoms with E-state index in [0.29, 0.717) is 49.4 Å². The lowest BCUT2D eigenvalue weighted by atomic mass is 10.1. The molecule has 2 amide bonds. The predicted octanol–water partition coefficient (Wildman–Crippen LogP) is 4.44. The first-order chi connectivity index (χ1) is 28.4. The van der Waals surface area contributed by atoms with Crippen LogP contribution in [0.5, 0.6) is 11.6 Å². The van der Waals surface area contributed by atoms with Crippen molar-refractivity contribution in [2.75, 3.05) is 69.9 Å². The highest BCUT2D eigenvalue weighted by atomic mass is 32.1. The topological polar surface area (TPSA) is 209 Å². The van der Waals surface area contributed by atoms with Crippen LogP contribution in [-0.2, 0) is 39.9 Å². The van der Waals surface area contributed by atoms with Crippen molar-refractivity contribution in [1.82, 2.24) is 29.2 Å². The molecular formula is C40H52N8O10S. The summed E-state index contributed by atoms with van der Waals surface area (Å²) in [6, 6.07) is 14.1. The standard InChI is InChI=1S/C40H52N8O10S/c1-27(57-34(49)13-14-35(50)58-33(24-41-40(2,3)4)26-56-37-36(45-59-46-37)47-15-18-54-19-16-47)38(51)55-20-17-48(25-28-7-6-8-32(21-28)53-5)39(52)44-31-11-9-29(10-12-31)30-22-42-43-23-30/h6-12,21-23,27,33,41H,13-20,24-26H2,1-5H3,(H,42,43)(H,44,52)/t27?,33-/m0/s1. The van der Waals surface area contributed by atoms with E-state index in [4.69, 9.17) is 28.4 Å². The lowest BCUT2D eigenvalue weighted by Gasteiger charge is -2.27. The van der Waals surface area contributed by atoms with Crippen molar-refractivity contribution in [2.45, 2.75) is 64.8 Å². The molecule has 1 aliphatic heterocycles. The van der Waals surface area contributed by atoms with Crippen LogP contribution in [0.2, 0.25) is 0 Å². The van der Waals surface area contributed by atoms with E-state index in [9.17, 15) is 19.2 Å². The minimum atomic E-state index is -1.27. The smallest absolute Gasteiger partial charge is 0.347 e. The highest BCUT2D eigenvalue weighted by Crippen LogP contribution is 2.27. The monoisotopic (exact) mass is 836 g/mol. The zero-order valence-electron chi connectivity index (χ0n) is 33.9. The van der Waals surface area contributed by atoms with E-state index in [1.165, 1.54) is 11.8 Å². The Morgan fingerprint density at radius 1 is 1.00 bits per heavy atom. The number of urea groups is 1. The number of amides is 2. The first-order valence-corrected chi connectivity index (χ1v) is 20.0. The molecule has 2 aromatic heterocycles. The molecular weight excluding hydrogens is 785 g/mol. The quantitative estimate of drug-likeness (QED) is 0.0831. The van der Waals surface area contributed by atoms with Crippen LogP contribution in [-0.4, -0.2) is 125 Å². The molecule has 0 bridgehead atoms. The first-order valence-electron chi connectivity index (χ1n) is 19.2. The minimum absolute atomic E-state index is 0.00336. The fourth-order valence-corrected chi connectivity index (χ4v) is 6.21. The number of methoxy groups -OCH3 is 1. The Morgan fingerprint density at radius 3 is 2.44 bits per heavy atom. The number of aromatic nitrogens is 4. The SMILES string of the molecule is COc1cccc(CN(CCOC(=O)C(C)OC(=O)CCC(=O)O[C@@H](CNC(C)(C)C)COc2nsnc2N2CCOCC2)C(=O)Nc2ccc(-c3cn[nH]c3)cc2)c1. The van der Waals surface area contributed by atoms with Gasteiger partial charge in [0.05, 0.1) is 57.6 Å². The number of benzene rings is 2. The summed E-state index contributed by atoms with van der Waals surface area (Å²) in [5.74, 6) is -0.650. The second kappa shape index (κ2) is 21.8. The Hall–Kier alpha value is -5.79. The number of anilines is 2. The van der Waals surface area contributed by atoms with Crippen molar-refractivity contribution >= 4 is 47.2 Å². The van der Waals surface area contributed by atoms with Gasteiger partial charge in [0.25, 0.3) is 5.88 Å². The molecule has 1 fully saturated rings. The van der Waals surface area contributed by atoms with E-state index < -0.39 is 36.1 Å². The summed E-state index contributed by atoms with van der Waals surface area (Å²) in [6.07, 6.45) is 0.891. The van der Waals surface area contributed by atoms with Gasteiger partial charge in [-0.3, -0.25) is 14.7 Å². The minimum Gasteiger partial charge on any atom is -0.497 e. The summed E-state index contributed by atoms with van der Waals surface area (Å²) in [6.45, 7) is 10.1. The molecule has 0 saturated carbocycles. The zero-order chi connectivity index (χ0) is 42.2. The van der Waals surface area contributed by atoms with Crippen molar-refractivity contribution in [2.24, 2.45) is 0 Å². The molecule has 5 rings (SSSR count). The Morgan fingerprint density at radius 2 is 1.75 bits per heavy atom. The van der Waals surface area contributed by atoms with Crippen LogP contribution in [0.1, 0.15) is 46.1 Å². The molecule has 1 aliphatic rings. The molecule has 3 heterocycles. The van der Waals surface area contributed by atoms with Gasteiger partial charge >= 0.3 is 23.9 Å². The zero-order valence-corrected chi connectivity index (χ0v) is 34.7. The molecule has 1 unspecified atom stereocenters. The van der Waals surface area contributed by atoms with E-state index >= 15 is 0 Å². The maximum absolute atomic E-state index is 13.5. The number of rotatable bonds is 20. The fourth-order valence-electron chi connectivity index (χ4n) is 5.69. The molecule has 2 atom stereocenters. The van der Waals surface area contributed by atoms with E-state index in [-0.39, 0.29) is 51.2 Å². The molecule has 1 saturated heterocycles. The van der Waals surface area contributed by atoms with Crippen LogP contribution >= 0.6 is 11.7 Å². The number of H-pyrrole nitrogens is 1. The van der Waals surface area contributed by atoms with Crippen molar-refractivity contribution in [1.29, 1.82) is 0 Å². The number of aromatic amines is 1. The van der Waals surface area contributed by atoms with Crippen molar-refractivity contribution in [3.63, 3.8) is 0 Å². The summed E-state index contributed by atoms with van der Waals surface area (Å²) in [7, 11) is 1.56. The Bertz CT molecular complexity index is 1950. The molecule has 0 aliphatic carbocycles. The van der Waals surface area contributed by atoms with Crippen LogP contribution in [0.4, 0.5) is 16.3 Å². The van der Waals surface area contributed by atoms with E-state index in [1.54, 1.807) is 37.7 Å². The van der Waals surface area contributed by atoms with E-state index in [2.05, 4.69) is 29.6 Å². The number of nitrogens with one attached hydrogen (secondary N) is 3. The highest BCUT2D eigenvalue weighted by molar-refractivity contribution is 6.99. The fraction of sp³-hybridized carbons (Fsp3) is 0.475. The number of carbonyl (C=O) groups excluding carboxylic acids is 4. The first kappa shape index (κ1) is 44.3. The van der Waals surface area contributed by atoms with Gasteiger partial charge in [-0.2, -0.15) is 9.47 Å². The van der Waals surface area contributed by atoms with E-state index in [1.807, 2.05) is 56.0 Å².